The number of carbonyl (C=O) groups excluding carboxylic acids is 1. The summed E-state index contributed by atoms with van der Waals surface area (Å²) >= 11 is 0. The van der Waals surface area contributed by atoms with E-state index in [1.807, 2.05) is 0 Å². The van der Waals surface area contributed by atoms with Gasteiger partial charge in [-0.05, 0) is 60.2 Å². The first-order chi connectivity index (χ1) is 15.0. The molecule has 0 aliphatic carbocycles. The lowest BCUT2D eigenvalue weighted by Gasteiger charge is -2.14. The van der Waals surface area contributed by atoms with Gasteiger partial charge in [-0.1, -0.05) is 12.1 Å². The van der Waals surface area contributed by atoms with Crippen molar-refractivity contribution in [3.8, 4) is 11.5 Å². The number of ketones is 1. The number of methoxy groups -OCH3 is 2. The van der Waals surface area contributed by atoms with Crippen LogP contribution in [0.3, 0.4) is 0 Å². The van der Waals surface area contributed by atoms with Crippen LogP contribution in [0.25, 0.3) is 10.9 Å². The first kappa shape index (κ1) is 20.3. The molecule has 0 aliphatic rings. The van der Waals surface area contributed by atoms with Gasteiger partial charge in [0.1, 0.15) is 17.3 Å². The Bertz CT molecular complexity index is 1330. The standard InChI is InChI=1S/C25H20FNO4/c1-30-19-8-6-17(7-9-19)24(28)22-15-27(14-16-4-3-5-18(26)12-16)23-11-10-20(31-2)13-21(23)25(22)29/h3-13,15H,14H2,1-2H3. The zero-order chi connectivity index (χ0) is 22.0. The highest BCUT2D eigenvalue weighted by Crippen LogP contribution is 2.22. The van der Waals surface area contributed by atoms with E-state index in [-0.39, 0.29) is 16.8 Å². The lowest BCUT2D eigenvalue weighted by atomic mass is 10.0. The highest BCUT2D eigenvalue weighted by atomic mass is 19.1. The van der Waals surface area contributed by atoms with Gasteiger partial charge < -0.3 is 14.0 Å². The number of ether oxygens (including phenoxy) is 2. The summed E-state index contributed by atoms with van der Waals surface area (Å²) in [5.41, 5.74) is 1.36. The van der Waals surface area contributed by atoms with Crippen LogP contribution in [-0.4, -0.2) is 24.6 Å². The fourth-order valence-electron chi connectivity index (χ4n) is 3.53. The van der Waals surface area contributed by atoms with E-state index >= 15 is 0 Å². The molecular formula is C25H20FNO4. The average molecular weight is 417 g/mol. The molecule has 4 aromatic rings. The van der Waals surface area contributed by atoms with Crippen molar-refractivity contribution in [3.05, 3.63) is 106 Å². The van der Waals surface area contributed by atoms with Gasteiger partial charge in [-0.2, -0.15) is 0 Å². The Kier molecular flexibility index (Phi) is 5.54. The van der Waals surface area contributed by atoms with Crippen molar-refractivity contribution >= 4 is 16.7 Å². The van der Waals surface area contributed by atoms with Crippen LogP contribution in [0, 0.1) is 5.82 Å². The van der Waals surface area contributed by atoms with Crippen molar-refractivity contribution in [1.29, 1.82) is 0 Å². The zero-order valence-electron chi connectivity index (χ0n) is 17.1. The molecule has 0 spiro atoms. The van der Waals surface area contributed by atoms with Gasteiger partial charge in [0.25, 0.3) is 0 Å². The normalized spacial score (nSPS) is 10.8. The van der Waals surface area contributed by atoms with Crippen molar-refractivity contribution in [2.75, 3.05) is 14.2 Å². The van der Waals surface area contributed by atoms with Gasteiger partial charge >= 0.3 is 0 Å². The molecule has 0 unspecified atom stereocenters. The molecule has 1 heterocycles. The van der Waals surface area contributed by atoms with Gasteiger partial charge in [0, 0.05) is 18.3 Å². The molecule has 1 aromatic heterocycles. The van der Waals surface area contributed by atoms with Gasteiger partial charge in [-0.3, -0.25) is 9.59 Å². The number of pyridine rings is 1. The van der Waals surface area contributed by atoms with Crippen molar-refractivity contribution < 1.29 is 18.7 Å². The van der Waals surface area contributed by atoms with E-state index in [1.165, 1.54) is 25.4 Å². The van der Waals surface area contributed by atoms with Crippen molar-refractivity contribution in [2.45, 2.75) is 6.54 Å². The highest BCUT2D eigenvalue weighted by molar-refractivity contribution is 6.10. The van der Waals surface area contributed by atoms with Gasteiger partial charge in [-0.15, -0.1) is 0 Å². The van der Waals surface area contributed by atoms with E-state index in [9.17, 15) is 14.0 Å². The number of rotatable bonds is 6. The Labute approximate surface area is 178 Å². The molecule has 6 heteroatoms. The largest absolute Gasteiger partial charge is 0.497 e. The number of benzene rings is 3. The molecule has 5 nitrogen and oxygen atoms in total. The Morgan fingerprint density at radius 2 is 1.65 bits per heavy atom. The van der Waals surface area contributed by atoms with Crippen molar-refractivity contribution in [3.63, 3.8) is 0 Å². The topological polar surface area (TPSA) is 57.5 Å². The third-order valence-corrected chi connectivity index (χ3v) is 5.13. The van der Waals surface area contributed by atoms with Crippen molar-refractivity contribution in [1.82, 2.24) is 4.57 Å². The summed E-state index contributed by atoms with van der Waals surface area (Å²) in [6, 6.07) is 17.9. The van der Waals surface area contributed by atoms with E-state index in [0.29, 0.717) is 40.1 Å². The van der Waals surface area contributed by atoms with Gasteiger partial charge in [0.05, 0.1) is 30.7 Å². The van der Waals surface area contributed by atoms with Crippen LogP contribution in [0.2, 0.25) is 0 Å². The van der Waals surface area contributed by atoms with Gasteiger partial charge in [-0.25, -0.2) is 4.39 Å². The summed E-state index contributed by atoms with van der Waals surface area (Å²) in [5.74, 6) is 0.378. The Hall–Kier alpha value is -3.93. The number of carbonyl (C=O) groups is 1. The first-order valence-electron chi connectivity index (χ1n) is 9.64. The van der Waals surface area contributed by atoms with Crippen LogP contribution in [0.4, 0.5) is 4.39 Å². The number of aromatic nitrogens is 1. The molecule has 4 rings (SSSR count). The predicted octanol–water partition coefficient (Wildman–Crippen LogP) is 4.44. The van der Waals surface area contributed by atoms with Crippen LogP contribution < -0.4 is 14.9 Å². The van der Waals surface area contributed by atoms with E-state index in [2.05, 4.69) is 0 Å². The van der Waals surface area contributed by atoms with Crippen LogP contribution in [0.1, 0.15) is 21.5 Å². The summed E-state index contributed by atoms with van der Waals surface area (Å²) in [6.07, 6.45) is 1.54. The molecule has 31 heavy (non-hydrogen) atoms. The monoisotopic (exact) mass is 417 g/mol. The minimum atomic E-state index is -0.398. The number of fused-ring (bicyclic) bond motifs is 1. The zero-order valence-corrected chi connectivity index (χ0v) is 17.1. The average Bonchev–Trinajstić information content (AvgIpc) is 2.80. The molecule has 156 valence electrons. The molecule has 0 fully saturated rings. The summed E-state index contributed by atoms with van der Waals surface area (Å²) in [6.45, 7) is 0.295. The van der Waals surface area contributed by atoms with Crippen molar-refractivity contribution in [2.24, 2.45) is 0 Å². The third kappa shape index (κ3) is 4.05. The second kappa shape index (κ2) is 8.44. The molecule has 0 N–H and O–H groups in total. The summed E-state index contributed by atoms with van der Waals surface area (Å²) in [5, 5.41) is 0.357. The smallest absolute Gasteiger partial charge is 0.200 e. The molecule has 3 aromatic carbocycles. The fourth-order valence-corrected chi connectivity index (χ4v) is 3.53. The molecular weight excluding hydrogens is 397 g/mol. The highest BCUT2D eigenvalue weighted by Gasteiger charge is 2.18. The molecule has 0 aliphatic heterocycles. The quantitative estimate of drug-likeness (QED) is 0.436. The molecule has 0 bridgehead atoms. The number of hydrogen-bond donors (Lipinski definition) is 0. The van der Waals surface area contributed by atoms with Gasteiger partial charge in [0.15, 0.2) is 5.78 Å². The molecule has 0 saturated heterocycles. The maximum absolute atomic E-state index is 13.7. The van der Waals surface area contributed by atoms with Crippen LogP contribution in [-0.2, 0) is 6.54 Å². The minimum absolute atomic E-state index is 0.0299. The number of nitrogens with zero attached hydrogens (tertiary/aromatic N) is 1. The third-order valence-electron chi connectivity index (χ3n) is 5.13. The molecule has 0 saturated carbocycles. The van der Waals surface area contributed by atoms with E-state index in [0.717, 1.165) is 0 Å². The summed E-state index contributed by atoms with van der Waals surface area (Å²) < 4.78 is 25.9. The Balaban J connectivity index is 1.88. The van der Waals surface area contributed by atoms with E-state index in [1.54, 1.807) is 66.3 Å². The molecule has 0 radical (unpaired) electrons. The lowest BCUT2D eigenvalue weighted by molar-refractivity contribution is 0.103. The van der Waals surface area contributed by atoms with Crippen LogP contribution in [0.5, 0.6) is 11.5 Å². The lowest BCUT2D eigenvalue weighted by Crippen LogP contribution is -2.20. The maximum Gasteiger partial charge on any atom is 0.200 e. The fraction of sp³-hybridized carbons (Fsp3) is 0.120. The second-order valence-corrected chi connectivity index (χ2v) is 7.07. The number of hydrogen-bond acceptors (Lipinski definition) is 4. The van der Waals surface area contributed by atoms with E-state index in [4.69, 9.17) is 9.47 Å². The number of halogens is 1. The Morgan fingerprint density at radius 3 is 2.32 bits per heavy atom. The molecule has 0 amide bonds. The van der Waals surface area contributed by atoms with Crippen LogP contribution in [0.15, 0.2) is 77.7 Å². The maximum atomic E-state index is 13.7. The summed E-state index contributed by atoms with van der Waals surface area (Å²) in [4.78, 5) is 26.4. The SMILES string of the molecule is COc1ccc(C(=O)c2cn(Cc3cccc(F)c3)c3ccc(OC)cc3c2=O)cc1. The first-order valence-corrected chi connectivity index (χ1v) is 9.64. The van der Waals surface area contributed by atoms with Gasteiger partial charge in [0.2, 0.25) is 5.43 Å². The molecule has 0 atom stereocenters. The summed E-state index contributed by atoms with van der Waals surface area (Å²) in [7, 11) is 3.05. The second-order valence-electron chi connectivity index (χ2n) is 7.07. The predicted molar refractivity (Wildman–Crippen MR) is 117 cm³/mol. The Morgan fingerprint density at radius 1 is 0.935 bits per heavy atom. The van der Waals surface area contributed by atoms with Crippen LogP contribution >= 0.6 is 0 Å². The van der Waals surface area contributed by atoms with E-state index < -0.39 is 5.78 Å². The minimum Gasteiger partial charge on any atom is -0.497 e.